The van der Waals surface area contributed by atoms with Gasteiger partial charge < -0.3 is 9.67 Å². The Morgan fingerprint density at radius 1 is 1.57 bits per heavy atom. The second-order valence-corrected chi connectivity index (χ2v) is 8.06. The summed E-state index contributed by atoms with van der Waals surface area (Å²) in [6.45, 7) is 0.919. The molecule has 7 heteroatoms. The normalized spacial score (nSPS) is 18.4. The third-order valence-electron chi connectivity index (χ3n) is 3.46. The molecule has 3 rings (SSSR count). The molecule has 0 radical (unpaired) electrons. The van der Waals surface area contributed by atoms with E-state index >= 15 is 0 Å². The maximum absolute atomic E-state index is 10.8. The Bertz CT molecular complexity index is 668. The first-order valence-electron chi connectivity index (χ1n) is 6.71. The van der Waals surface area contributed by atoms with Gasteiger partial charge in [0.15, 0.2) is 5.16 Å². The van der Waals surface area contributed by atoms with Gasteiger partial charge >= 0.3 is 5.97 Å². The largest absolute Gasteiger partial charge is 0.481 e. The highest BCUT2D eigenvalue weighted by atomic mass is 79.9. The first-order valence-corrected chi connectivity index (χ1v) is 9.65. The van der Waals surface area contributed by atoms with E-state index in [9.17, 15) is 4.79 Å². The minimum Gasteiger partial charge on any atom is -0.481 e. The monoisotopic (exact) mass is 386 g/mol. The van der Waals surface area contributed by atoms with Crippen LogP contribution in [0.15, 0.2) is 27.8 Å². The Morgan fingerprint density at radius 3 is 3.14 bits per heavy atom. The molecule has 0 spiro atoms. The van der Waals surface area contributed by atoms with Gasteiger partial charge in [0, 0.05) is 11.0 Å². The Kier molecular flexibility index (Phi) is 4.81. The smallest absolute Gasteiger partial charge is 0.313 e. The van der Waals surface area contributed by atoms with E-state index in [0.29, 0.717) is 5.92 Å². The van der Waals surface area contributed by atoms with Gasteiger partial charge in [-0.15, -0.1) is 0 Å². The van der Waals surface area contributed by atoms with Crippen molar-refractivity contribution in [3.05, 3.63) is 22.7 Å². The molecule has 1 atom stereocenters. The third-order valence-corrected chi connectivity index (χ3v) is 6.15. The van der Waals surface area contributed by atoms with Gasteiger partial charge in [0.05, 0.1) is 16.8 Å². The zero-order valence-corrected chi connectivity index (χ0v) is 14.5. The molecular weight excluding hydrogens is 372 g/mol. The molecule has 21 heavy (non-hydrogen) atoms. The summed E-state index contributed by atoms with van der Waals surface area (Å²) in [7, 11) is 0. The fourth-order valence-electron chi connectivity index (χ4n) is 2.47. The molecule has 0 aliphatic carbocycles. The molecule has 1 unspecified atom stereocenters. The quantitative estimate of drug-likeness (QED) is 0.793. The van der Waals surface area contributed by atoms with Gasteiger partial charge in [0.25, 0.3) is 0 Å². The number of hydrogen-bond acceptors (Lipinski definition) is 4. The van der Waals surface area contributed by atoms with Crippen LogP contribution in [0.1, 0.15) is 6.42 Å². The topological polar surface area (TPSA) is 55.1 Å². The van der Waals surface area contributed by atoms with Crippen molar-refractivity contribution in [3.8, 4) is 0 Å². The molecule has 0 saturated carbocycles. The van der Waals surface area contributed by atoms with E-state index in [1.807, 2.05) is 23.9 Å². The minimum atomic E-state index is -0.809. The average Bonchev–Trinajstić information content (AvgIpc) is 3.06. The maximum Gasteiger partial charge on any atom is 0.313 e. The van der Waals surface area contributed by atoms with Crippen LogP contribution in [-0.2, 0) is 11.3 Å². The molecule has 0 bridgehead atoms. The second-order valence-electron chi connectivity index (χ2n) is 5.05. The lowest BCUT2D eigenvalue weighted by atomic mass is 10.1. The van der Waals surface area contributed by atoms with Gasteiger partial charge in [-0.25, -0.2) is 4.98 Å². The molecule has 1 saturated heterocycles. The van der Waals surface area contributed by atoms with E-state index in [4.69, 9.17) is 5.11 Å². The number of imidazole rings is 1. The standard InChI is InChI=1S/C14H15BrN2O2S2/c15-10-1-2-11-12(5-10)17(6-9-3-4-20-7-9)14(16-11)21-8-13(18)19/h1-2,5,9H,3-4,6-8H2,(H,18,19). The minimum absolute atomic E-state index is 0.0455. The van der Waals surface area contributed by atoms with Gasteiger partial charge in [-0.1, -0.05) is 27.7 Å². The summed E-state index contributed by atoms with van der Waals surface area (Å²) < 4.78 is 3.20. The highest BCUT2D eigenvalue weighted by Gasteiger charge is 2.20. The Hall–Kier alpha value is -0.660. The molecule has 1 aliphatic rings. The number of carboxylic acid groups (broad SMARTS) is 1. The summed E-state index contributed by atoms with van der Waals surface area (Å²) in [4.78, 5) is 15.4. The molecule has 112 valence electrons. The highest BCUT2D eigenvalue weighted by molar-refractivity contribution is 9.10. The molecule has 0 amide bonds. The Balaban J connectivity index is 1.96. The van der Waals surface area contributed by atoms with Crippen molar-refractivity contribution in [2.24, 2.45) is 5.92 Å². The van der Waals surface area contributed by atoms with Crippen LogP contribution in [0.3, 0.4) is 0 Å². The molecule has 1 aliphatic heterocycles. The Morgan fingerprint density at radius 2 is 2.43 bits per heavy atom. The van der Waals surface area contributed by atoms with Crippen LogP contribution in [0.2, 0.25) is 0 Å². The van der Waals surface area contributed by atoms with E-state index in [-0.39, 0.29) is 5.75 Å². The van der Waals surface area contributed by atoms with Crippen molar-refractivity contribution in [2.75, 3.05) is 17.3 Å². The van der Waals surface area contributed by atoms with Gasteiger partial charge in [0.2, 0.25) is 0 Å². The summed E-state index contributed by atoms with van der Waals surface area (Å²) in [5.41, 5.74) is 2.01. The number of hydrogen-bond donors (Lipinski definition) is 1. The van der Waals surface area contributed by atoms with Gasteiger partial charge in [-0.3, -0.25) is 4.79 Å². The van der Waals surface area contributed by atoms with E-state index in [2.05, 4.69) is 31.5 Å². The van der Waals surface area contributed by atoms with Crippen LogP contribution in [0, 0.1) is 5.92 Å². The molecule has 1 aromatic heterocycles. The summed E-state index contributed by atoms with van der Waals surface area (Å²) in [5.74, 6) is 2.28. The van der Waals surface area contributed by atoms with Gasteiger partial charge in [-0.2, -0.15) is 11.8 Å². The van der Waals surface area contributed by atoms with Crippen LogP contribution in [0.4, 0.5) is 0 Å². The van der Waals surface area contributed by atoms with E-state index < -0.39 is 5.97 Å². The van der Waals surface area contributed by atoms with Gasteiger partial charge in [0.1, 0.15) is 0 Å². The number of aromatic nitrogens is 2. The average molecular weight is 387 g/mol. The second kappa shape index (κ2) is 6.62. The molecule has 2 aromatic rings. The fourth-order valence-corrected chi connectivity index (χ4v) is 4.84. The number of fused-ring (bicyclic) bond motifs is 1. The lowest BCUT2D eigenvalue weighted by Crippen LogP contribution is -2.11. The van der Waals surface area contributed by atoms with Crippen molar-refractivity contribution < 1.29 is 9.90 Å². The predicted molar refractivity (Wildman–Crippen MR) is 91.2 cm³/mol. The number of carbonyl (C=O) groups is 1. The molecule has 2 heterocycles. The predicted octanol–water partition coefficient (Wildman–Crippen LogP) is 3.73. The van der Waals surface area contributed by atoms with Crippen LogP contribution in [0.5, 0.6) is 0 Å². The van der Waals surface area contributed by atoms with Gasteiger partial charge in [-0.05, 0) is 42.0 Å². The lowest BCUT2D eigenvalue weighted by molar-refractivity contribution is -0.133. The van der Waals surface area contributed by atoms with Crippen molar-refractivity contribution in [1.82, 2.24) is 9.55 Å². The zero-order valence-electron chi connectivity index (χ0n) is 11.3. The summed E-state index contributed by atoms with van der Waals surface area (Å²) in [6, 6.07) is 6.01. The lowest BCUT2D eigenvalue weighted by Gasteiger charge is -2.13. The number of benzene rings is 1. The number of thioether (sulfide) groups is 2. The van der Waals surface area contributed by atoms with E-state index in [0.717, 1.165) is 27.2 Å². The van der Waals surface area contributed by atoms with Crippen molar-refractivity contribution in [1.29, 1.82) is 0 Å². The van der Waals surface area contributed by atoms with E-state index in [1.165, 1.54) is 29.7 Å². The molecule has 4 nitrogen and oxygen atoms in total. The van der Waals surface area contributed by atoms with Crippen LogP contribution >= 0.6 is 39.5 Å². The molecule has 1 N–H and O–H groups in total. The van der Waals surface area contributed by atoms with Crippen LogP contribution < -0.4 is 0 Å². The maximum atomic E-state index is 10.8. The molecule has 1 fully saturated rings. The van der Waals surface area contributed by atoms with Crippen molar-refractivity contribution >= 4 is 56.5 Å². The van der Waals surface area contributed by atoms with Crippen LogP contribution in [-0.4, -0.2) is 37.9 Å². The fraction of sp³-hybridized carbons (Fsp3) is 0.429. The number of rotatable bonds is 5. The summed E-state index contributed by atoms with van der Waals surface area (Å²) in [5, 5.41) is 9.71. The first kappa shape index (κ1) is 15.2. The zero-order chi connectivity index (χ0) is 14.8. The van der Waals surface area contributed by atoms with Crippen molar-refractivity contribution in [2.45, 2.75) is 18.1 Å². The highest BCUT2D eigenvalue weighted by Crippen LogP contribution is 2.31. The number of carboxylic acids is 1. The summed E-state index contributed by atoms with van der Waals surface area (Å²) >= 11 is 6.80. The molecular formula is C14H15BrN2O2S2. The third kappa shape index (κ3) is 3.57. The number of halogens is 1. The molecule has 1 aromatic carbocycles. The number of aliphatic carboxylic acids is 1. The first-order chi connectivity index (χ1) is 10.1. The van der Waals surface area contributed by atoms with Crippen LogP contribution in [0.25, 0.3) is 11.0 Å². The van der Waals surface area contributed by atoms with Crippen molar-refractivity contribution in [3.63, 3.8) is 0 Å². The number of nitrogens with zero attached hydrogens (tertiary/aromatic N) is 2. The summed E-state index contributed by atoms with van der Waals surface area (Å²) in [6.07, 6.45) is 1.22. The SMILES string of the molecule is O=C(O)CSc1nc2ccc(Br)cc2n1CC1CCSC1. The Labute approximate surface area is 139 Å². The van der Waals surface area contributed by atoms with E-state index in [1.54, 1.807) is 0 Å².